The fourth-order valence-corrected chi connectivity index (χ4v) is 5.99. The second-order valence-electron chi connectivity index (χ2n) is 8.22. The lowest BCUT2D eigenvalue weighted by molar-refractivity contribution is -0.124. The zero-order chi connectivity index (χ0) is 25.2. The van der Waals surface area contributed by atoms with Gasteiger partial charge in [0.2, 0.25) is 0 Å². The van der Waals surface area contributed by atoms with E-state index in [1.54, 1.807) is 29.6 Å². The van der Waals surface area contributed by atoms with Crippen molar-refractivity contribution >= 4 is 56.2 Å². The van der Waals surface area contributed by atoms with Crippen LogP contribution in [0, 0.1) is 5.92 Å². The first-order valence-corrected chi connectivity index (χ1v) is 13.8. The molecule has 0 fully saturated rings. The van der Waals surface area contributed by atoms with Crippen molar-refractivity contribution in [1.82, 2.24) is 4.72 Å². The third-order valence-electron chi connectivity index (χ3n) is 5.83. The Bertz CT molecular complexity index is 1370. The minimum absolute atomic E-state index is 0.0207. The smallest absolute Gasteiger partial charge is 0.273 e. The molecule has 35 heavy (non-hydrogen) atoms. The van der Waals surface area contributed by atoms with Crippen LogP contribution in [0.2, 0.25) is 5.02 Å². The Hall–Kier alpha value is -3.01. The number of aliphatic imine (C=N–C) groups is 1. The largest absolute Gasteiger partial charge is 0.300 e. The number of carbonyl (C=O) groups is 2. The summed E-state index contributed by atoms with van der Waals surface area (Å²) in [7, 11) is -4.03. The van der Waals surface area contributed by atoms with Crippen molar-refractivity contribution in [3.05, 3.63) is 82.2 Å². The molecule has 0 spiro atoms. The molecule has 1 N–H and O–H groups in total. The molecule has 0 saturated heterocycles. The number of anilines is 1. The van der Waals surface area contributed by atoms with E-state index < -0.39 is 28.5 Å². The van der Waals surface area contributed by atoms with Crippen LogP contribution in [-0.4, -0.2) is 38.5 Å². The lowest BCUT2D eigenvalue weighted by Gasteiger charge is -2.26. The highest BCUT2D eigenvalue weighted by Gasteiger charge is 2.36. The number of nitrogens with zero attached hydrogens (tertiary/aromatic N) is 2. The minimum Gasteiger partial charge on any atom is -0.300 e. The van der Waals surface area contributed by atoms with Gasteiger partial charge in [-0.1, -0.05) is 68.3 Å². The van der Waals surface area contributed by atoms with Gasteiger partial charge >= 0.3 is 0 Å². The van der Waals surface area contributed by atoms with Gasteiger partial charge in [0.05, 0.1) is 11.4 Å². The van der Waals surface area contributed by atoms with E-state index in [-0.39, 0.29) is 16.0 Å². The molecule has 1 unspecified atom stereocenters. The van der Waals surface area contributed by atoms with Crippen LogP contribution < -0.4 is 9.62 Å². The van der Waals surface area contributed by atoms with Crippen LogP contribution in [0.5, 0.6) is 0 Å². The maximum Gasteiger partial charge on any atom is 0.273 e. The number of rotatable bonds is 7. The first-order chi connectivity index (χ1) is 16.7. The molecule has 2 aromatic carbocycles. The summed E-state index contributed by atoms with van der Waals surface area (Å²) < 4.78 is 27.2. The van der Waals surface area contributed by atoms with E-state index in [1.165, 1.54) is 11.0 Å². The highest BCUT2D eigenvalue weighted by Crippen LogP contribution is 2.33. The summed E-state index contributed by atoms with van der Waals surface area (Å²) in [4.78, 5) is 32.8. The molecule has 0 bridgehead atoms. The SMILES string of the molecule is CCC(C)[C@@H]1N=C(c2ccccc2)c2cc(Cl)ccc2N(CC(=O)NS(=O)(=O)c2cccs2)C1=O. The van der Waals surface area contributed by atoms with E-state index >= 15 is 0 Å². The summed E-state index contributed by atoms with van der Waals surface area (Å²) >= 11 is 7.33. The summed E-state index contributed by atoms with van der Waals surface area (Å²) in [5.74, 6) is -1.32. The van der Waals surface area contributed by atoms with Crippen molar-refractivity contribution in [2.24, 2.45) is 10.9 Å². The number of nitrogens with one attached hydrogen (secondary N) is 1. The van der Waals surface area contributed by atoms with Gasteiger partial charge in [0.25, 0.3) is 21.8 Å². The van der Waals surface area contributed by atoms with Gasteiger partial charge in [-0.25, -0.2) is 13.1 Å². The standard InChI is InChI=1S/C25H24ClN3O4S2/c1-3-16(2)23-25(31)29(15-21(30)28-35(32,33)22-10-7-13-34-22)20-12-11-18(26)14-19(20)24(27-23)17-8-5-4-6-9-17/h4-14,16,23H,3,15H2,1-2H3,(H,28,30)/t16?,23-/m0/s1. The molecule has 0 saturated carbocycles. The van der Waals surface area contributed by atoms with Crippen molar-refractivity contribution in [2.45, 2.75) is 30.5 Å². The first kappa shape index (κ1) is 25.1. The fourth-order valence-electron chi connectivity index (χ4n) is 3.85. The van der Waals surface area contributed by atoms with Crippen molar-refractivity contribution in [3.63, 3.8) is 0 Å². The van der Waals surface area contributed by atoms with Gasteiger partial charge in [-0.05, 0) is 35.6 Å². The van der Waals surface area contributed by atoms with E-state index in [4.69, 9.17) is 16.6 Å². The van der Waals surface area contributed by atoms with Crippen LogP contribution in [0.15, 0.2) is 75.2 Å². The molecule has 2 atom stereocenters. The Morgan fingerprint density at radius 1 is 1.17 bits per heavy atom. The Kier molecular flexibility index (Phi) is 7.39. The minimum atomic E-state index is -4.03. The zero-order valence-corrected chi connectivity index (χ0v) is 21.5. The van der Waals surface area contributed by atoms with Crippen LogP contribution in [0.25, 0.3) is 0 Å². The summed E-state index contributed by atoms with van der Waals surface area (Å²) in [5, 5.41) is 2.06. The molecular formula is C25H24ClN3O4S2. The predicted octanol–water partition coefficient (Wildman–Crippen LogP) is 4.51. The Balaban J connectivity index is 1.78. The van der Waals surface area contributed by atoms with E-state index in [1.807, 2.05) is 44.2 Å². The highest BCUT2D eigenvalue weighted by molar-refractivity contribution is 7.92. The molecule has 0 radical (unpaired) electrons. The fraction of sp³-hybridized carbons (Fsp3) is 0.240. The molecule has 2 amide bonds. The third kappa shape index (κ3) is 5.32. The summed E-state index contributed by atoms with van der Waals surface area (Å²) in [6.07, 6.45) is 0.686. The number of thiophene rings is 1. The molecule has 2 heterocycles. The predicted molar refractivity (Wildman–Crippen MR) is 139 cm³/mol. The van der Waals surface area contributed by atoms with Gasteiger partial charge in [0.15, 0.2) is 0 Å². The van der Waals surface area contributed by atoms with Crippen molar-refractivity contribution < 1.29 is 18.0 Å². The molecule has 10 heteroatoms. The maximum absolute atomic E-state index is 13.8. The molecule has 3 aromatic rings. The average Bonchev–Trinajstić information content (AvgIpc) is 3.36. The molecule has 4 rings (SSSR count). The van der Waals surface area contributed by atoms with Gasteiger partial charge in [-0.2, -0.15) is 0 Å². The number of sulfonamides is 1. The number of hydrogen-bond donors (Lipinski definition) is 1. The molecule has 182 valence electrons. The quantitative estimate of drug-likeness (QED) is 0.487. The zero-order valence-electron chi connectivity index (χ0n) is 19.1. The van der Waals surface area contributed by atoms with Crippen molar-refractivity contribution in [1.29, 1.82) is 0 Å². The van der Waals surface area contributed by atoms with Crippen molar-refractivity contribution in [2.75, 3.05) is 11.4 Å². The number of benzene rings is 2. The molecular weight excluding hydrogens is 506 g/mol. The van der Waals surface area contributed by atoms with Crippen LogP contribution >= 0.6 is 22.9 Å². The van der Waals surface area contributed by atoms with E-state index in [9.17, 15) is 18.0 Å². The van der Waals surface area contributed by atoms with E-state index in [0.717, 1.165) is 16.9 Å². The summed E-state index contributed by atoms with van der Waals surface area (Å²) in [5.41, 5.74) is 2.44. The van der Waals surface area contributed by atoms with Gasteiger partial charge in [0.1, 0.15) is 16.8 Å². The van der Waals surface area contributed by atoms with Crippen LogP contribution in [0.1, 0.15) is 31.4 Å². The van der Waals surface area contributed by atoms with Gasteiger partial charge in [-0.15, -0.1) is 11.3 Å². The normalized spacial score (nSPS) is 16.8. The number of hydrogen-bond acceptors (Lipinski definition) is 6. The number of fused-ring (bicyclic) bond motifs is 1. The number of carbonyl (C=O) groups excluding carboxylic acids is 2. The number of amides is 2. The summed E-state index contributed by atoms with van der Waals surface area (Å²) in [6.45, 7) is 3.41. The molecule has 1 aromatic heterocycles. The summed E-state index contributed by atoms with van der Waals surface area (Å²) in [6, 6.07) is 16.7. The molecule has 0 aliphatic carbocycles. The van der Waals surface area contributed by atoms with Gasteiger partial charge < -0.3 is 4.90 Å². The molecule has 7 nitrogen and oxygen atoms in total. The lowest BCUT2D eigenvalue weighted by Crippen LogP contribution is -2.47. The molecule has 1 aliphatic heterocycles. The second-order valence-corrected chi connectivity index (χ2v) is 11.5. The monoisotopic (exact) mass is 529 g/mol. The Labute approximate surface area is 213 Å². The van der Waals surface area contributed by atoms with Crippen molar-refractivity contribution in [3.8, 4) is 0 Å². The third-order valence-corrected chi connectivity index (χ3v) is 8.84. The van der Waals surface area contributed by atoms with E-state index in [2.05, 4.69) is 4.72 Å². The van der Waals surface area contributed by atoms with Crippen LogP contribution in [-0.2, 0) is 19.6 Å². The topological polar surface area (TPSA) is 95.9 Å². The van der Waals surface area contributed by atoms with Crippen LogP contribution in [0.3, 0.4) is 0 Å². The average molecular weight is 530 g/mol. The van der Waals surface area contributed by atoms with Crippen LogP contribution in [0.4, 0.5) is 5.69 Å². The van der Waals surface area contributed by atoms with Gasteiger partial charge in [-0.3, -0.25) is 14.6 Å². The first-order valence-electron chi connectivity index (χ1n) is 11.0. The number of halogens is 1. The second kappa shape index (κ2) is 10.3. The Morgan fingerprint density at radius 2 is 1.91 bits per heavy atom. The highest BCUT2D eigenvalue weighted by atomic mass is 35.5. The van der Waals surface area contributed by atoms with E-state index in [0.29, 0.717) is 28.4 Å². The number of benzodiazepines with no additional fused rings is 1. The van der Waals surface area contributed by atoms with Gasteiger partial charge in [0, 0.05) is 16.1 Å². The maximum atomic E-state index is 13.8. The molecule has 1 aliphatic rings. The Morgan fingerprint density at radius 3 is 2.57 bits per heavy atom. The lowest BCUT2D eigenvalue weighted by atomic mass is 9.98.